The maximum Gasteiger partial charge on any atom is 0.0328 e. The smallest absolute Gasteiger partial charge is 0.0328 e. The summed E-state index contributed by atoms with van der Waals surface area (Å²) in [6.45, 7) is 3.36. The molecular weight excluding hydrogens is 359 g/mol. The minimum atomic E-state index is 0.357. The fourth-order valence-corrected chi connectivity index (χ4v) is 3.56. The Morgan fingerprint density at radius 2 is 1.75 bits per heavy atom. The van der Waals surface area contributed by atoms with Gasteiger partial charge in [-0.2, -0.15) is 0 Å². The minimum Gasteiger partial charge on any atom is -0.308 e. The van der Waals surface area contributed by atoms with Crippen LogP contribution in [0.15, 0.2) is 24.3 Å². The summed E-state index contributed by atoms with van der Waals surface area (Å²) in [5.41, 5.74) is 1.74. The number of halogens is 1. The van der Waals surface area contributed by atoms with Crippen molar-refractivity contribution in [2.24, 2.45) is 0 Å². The lowest BCUT2D eigenvalue weighted by molar-refractivity contribution is 0.0958. The lowest BCUT2D eigenvalue weighted by Gasteiger charge is -2.44. The third-order valence-corrected chi connectivity index (χ3v) is 5.56. The van der Waals surface area contributed by atoms with E-state index in [9.17, 15) is 0 Å². The molecule has 1 fully saturated rings. The first-order valence-electron chi connectivity index (χ1n) is 7.70. The van der Waals surface area contributed by atoms with Gasteiger partial charge in [-0.15, -0.1) is 0 Å². The number of hydrogen-bond acceptors (Lipinski definition) is 2. The molecular formula is C17H27IN2. The average molecular weight is 386 g/mol. The molecule has 0 radical (unpaired) electrons. The summed E-state index contributed by atoms with van der Waals surface area (Å²) in [6, 6.07) is 9.28. The van der Waals surface area contributed by atoms with Gasteiger partial charge in [0.25, 0.3) is 0 Å². The zero-order valence-corrected chi connectivity index (χ0v) is 15.1. The molecule has 1 aliphatic carbocycles. The van der Waals surface area contributed by atoms with Gasteiger partial charge in [0.15, 0.2) is 0 Å². The van der Waals surface area contributed by atoms with Gasteiger partial charge in [0.05, 0.1) is 0 Å². The fraction of sp³-hybridized carbons (Fsp3) is 0.647. The molecule has 0 bridgehead atoms. The second-order valence-electron chi connectivity index (χ2n) is 6.33. The number of nitrogens with zero attached hydrogens (tertiary/aromatic N) is 1. The summed E-state index contributed by atoms with van der Waals surface area (Å²) < 4.78 is 1.30. The molecule has 2 rings (SSSR count). The molecule has 1 N–H and O–H groups in total. The van der Waals surface area contributed by atoms with E-state index in [-0.39, 0.29) is 0 Å². The molecule has 3 heteroatoms. The number of rotatable bonds is 5. The number of likely N-dealkylation sites (N-methyl/N-ethyl adjacent to an activating group) is 1. The van der Waals surface area contributed by atoms with Gasteiger partial charge in [-0.3, -0.25) is 0 Å². The molecule has 1 aromatic rings. The molecule has 1 atom stereocenters. The topological polar surface area (TPSA) is 15.3 Å². The van der Waals surface area contributed by atoms with Gasteiger partial charge >= 0.3 is 0 Å². The van der Waals surface area contributed by atoms with E-state index < -0.39 is 0 Å². The van der Waals surface area contributed by atoms with Crippen molar-refractivity contribution < 1.29 is 0 Å². The van der Waals surface area contributed by atoms with Gasteiger partial charge in [-0.25, -0.2) is 0 Å². The molecule has 2 nitrogen and oxygen atoms in total. The highest BCUT2D eigenvalue weighted by Gasteiger charge is 2.34. The summed E-state index contributed by atoms with van der Waals surface area (Å²) in [6.07, 6.45) is 6.80. The molecule has 1 aromatic carbocycles. The summed E-state index contributed by atoms with van der Waals surface area (Å²) in [7, 11) is 4.48. The standard InChI is InChI=1S/C17H27IN2/c1-14(15-7-9-16(18)10-8-15)19-13-17(20(2)3)11-5-4-6-12-17/h7-10,14,19H,4-6,11-13H2,1-3H3. The van der Waals surface area contributed by atoms with Crippen molar-refractivity contribution in [3.8, 4) is 0 Å². The minimum absolute atomic E-state index is 0.357. The van der Waals surface area contributed by atoms with Crippen molar-refractivity contribution in [1.82, 2.24) is 10.2 Å². The zero-order valence-electron chi connectivity index (χ0n) is 13.0. The predicted octanol–water partition coefficient (Wildman–Crippen LogP) is 4.21. The van der Waals surface area contributed by atoms with Crippen molar-refractivity contribution in [3.63, 3.8) is 0 Å². The Labute approximate surface area is 137 Å². The molecule has 1 aliphatic rings. The van der Waals surface area contributed by atoms with E-state index in [1.165, 1.54) is 41.2 Å². The van der Waals surface area contributed by atoms with Crippen LogP contribution >= 0.6 is 22.6 Å². The molecule has 0 saturated heterocycles. The molecule has 0 aliphatic heterocycles. The van der Waals surface area contributed by atoms with Crippen LogP contribution in [0.4, 0.5) is 0 Å². The monoisotopic (exact) mass is 386 g/mol. The van der Waals surface area contributed by atoms with Gasteiger partial charge < -0.3 is 10.2 Å². The first-order valence-corrected chi connectivity index (χ1v) is 8.78. The molecule has 112 valence electrons. The van der Waals surface area contributed by atoms with Crippen molar-refractivity contribution in [2.75, 3.05) is 20.6 Å². The van der Waals surface area contributed by atoms with Crippen LogP contribution in [0.5, 0.6) is 0 Å². The highest BCUT2D eigenvalue weighted by atomic mass is 127. The molecule has 1 unspecified atom stereocenters. The van der Waals surface area contributed by atoms with E-state index in [2.05, 4.69) is 78.1 Å². The van der Waals surface area contributed by atoms with Gasteiger partial charge in [0.2, 0.25) is 0 Å². The van der Waals surface area contributed by atoms with E-state index >= 15 is 0 Å². The molecule has 20 heavy (non-hydrogen) atoms. The summed E-state index contributed by atoms with van der Waals surface area (Å²) >= 11 is 2.36. The normalized spacial score (nSPS) is 20.1. The Balaban J connectivity index is 1.96. The first kappa shape index (κ1) is 16.2. The van der Waals surface area contributed by atoms with Crippen molar-refractivity contribution in [2.45, 2.75) is 50.6 Å². The number of nitrogens with one attached hydrogen (secondary N) is 1. The van der Waals surface area contributed by atoms with Crippen LogP contribution in [-0.2, 0) is 0 Å². The summed E-state index contributed by atoms with van der Waals surface area (Å²) in [5, 5.41) is 3.77. The number of hydrogen-bond donors (Lipinski definition) is 1. The van der Waals surface area contributed by atoms with Crippen LogP contribution < -0.4 is 5.32 Å². The molecule has 0 amide bonds. The van der Waals surface area contributed by atoms with Gasteiger partial charge in [-0.05, 0) is 74.1 Å². The molecule has 1 saturated carbocycles. The molecule has 0 spiro atoms. The average Bonchev–Trinajstić information content (AvgIpc) is 2.46. The lowest BCUT2D eigenvalue weighted by atomic mass is 9.80. The lowest BCUT2D eigenvalue weighted by Crippen LogP contribution is -2.53. The van der Waals surface area contributed by atoms with Crippen LogP contribution in [-0.4, -0.2) is 31.1 Å². The maximum atomic E-state index is 3.77. The van der Waals surface area contributed by atoms with Crippen molar-refractivity contribution in [1.29, 1.82) is 0 Å². The Hall–Kier alpha value is -0.130. The summed E-state index contributed by atoms with van der Waals surface area (Å²) in [5.74, 6) is 0. The van der Waals surface area contributed by atoms with Crippen LogP contribution in [0, 0.1) is 3.57 Å². The SMILES string of the molecule is CC(NCC1(N(C)C)CCCCC1)c1ccc(I)cc1. The quantitative estimate of drug-likeness (QED) is 0.763. The Morgan fingerprint density at radius 3 is 2.30 bits per heavy atom. The third-order valence-electron chi connectivity index (χ3n) is 4.84. The van der Waals surface area contributed by atoms with E-state index in [1.54, 1.807) is 0 Å². The van der Waals surface area contributed by atoms with E-state index in [1.807, 2.05) is 0 Å². The second kappa shape index (κ2) is 7.23. The molecule has 0 heterocycles. The Morgan fingerprint density at radius 1 is 1.15 bits per heavy atom. The van der Waals surface area contributed by atoms with Crippen molar-refractivity contribution >= 4 is 22.6 Å². The van der Waals surface area contributed by atoms with Crippen molar-refractivity contribution in [3.05, 3.63) is 33.4 Å². The first-order chi connectivity index (χ1) is 9.53. The second-order valence-corrected chi connectivity index (χ2v) is 7.58. The van der Waals surface area contributed by atoms with Crippen LogP contribution in [0.3, 0.4) is 0 Å². The Kier molecular flexibility index (Phi) is 5.87. The zero-order chi connectivity index (χ0) is 14.6. The van der Waals surface area contributed by atoms with Crippen LogP contribution in [0.2, 0.25) is 0 Å². The third kappa shape index (κ3) is 3.95. The van der Waals surface area contributed by atoms with Gasteiger partial charge in [-0.1, -0.05) is 31.4 Å². The van der Waals surface area contributed by atoms with E-state index in [4.69, 9.17) is 0 Å². The number of benzene rings is 1. The van der Waals surface area contributed by atoms with E-state index in [0.717, 1.165) is 6.54 Å². The fourth-order valence-electron chi connectivity index (χ4n) is 3.20. The van der Waals surface area contributed by atoms with Crippen LogP contribution in [0.1, 0.15) is 50.6 Å². The maximum absolute atomic E-state index is 3.77. The van der Waals surface area contributed by atoms with Gasteiger partial charge in [0.1, 0.15) is 0 Å². The highest BCUT2D eigenvalue weighted by molar-refractivity contribution is 14.1. The highest BCUT2D eigenvalue weighted by Crippen LogP contribution is 2.32. The molecule has 0 aromatic heterocycles. The van der Waals surface area contributed by atoms with E-state index in [0.29, 0.717) is 11.6 Å². The largest absolute Gasteiger partial charge is 0.308 e. The Bertz CT molecular complexity index is 408. The van der Waals surface area contributed by atoms with Crippen LogP contribution in [0.25, 0.3) is 0 Å². The predicted molar refractivity (Wildman–Crippen MR) is 95.1 cm³/mol. The summed E-state index contributed by atoms with van der Waals surface area (Å²) in [4.78, 5) is 2.44. The van der Waals surface area contributed by atoms with Gasteiger partial charge in [0, 0.05) is 21.7 Å².